The molecule has 158 valence electrons. The Kier molecular flexibility index (Phi) is 6.19. The Morgan fingerprint density at radius 1 is 1.07 bits per heavy atom. The number of carbonyl (C=O) groups is 1. The zero-order valence-electron chi connectivity index (χ0n) is 15.8. The molecule has 0 saturated heterocycles. The van der Waals surface area contributed by atoms with Crippen LogP contribution >= 0.6 is 0 Å². The van der Waals surface area contributed by atoms with E-state index in [9.17, 15) is 26.7 Å². The minimum atomic E-state index is -4.42. The number of amides is 1. The number of carbonyl (C=O) groups excluding carboxylic acids is 1. The van der Waals surface area contributed by atoms with Crippen LogP contribution in [0.5, 0.6) is 0 Å². The minimum absolute atomic E-state index is 0.0108. The number of nitrogens with zero attached hydrogens (tertiary/aromatic N) is 2. The van der Waals surface area contributed by atoms with E-state index in [1.807, 2.05) is 0 Å². The molecule has 0 saturated carbocycles. The average Bonchev–Trinajstić information content (AvgIpc) is 3.14. The van der Waals surface area contributed by atoms with Crippen molar-refractivity contribution in [3.63, 3.8) is 0 Å². The van der Waals surface area contributed by atoms with Crippen molar-refractivity contribution in [1.29, 1.82) is 0 Å². The van der Waals surface area contributed by atoms with E-state index >= 15 is 0 Å². The molecule has 0 radical (unpaired) electrons. The number of rotatable bonds is 6. The molecular formula is C21H17F5N2O2. The van der Waals surface area contributed by atoms with Gasteiger partial charge < -0.3 is 9.32 Å². The molecule has 1 amide bonds. The summed E-state index contributed by atoms with van der Waals surface area (Å²) >= 11 is 0. The molecular weight excluding hydrogens is 407 g/mol. The number of halogens is 5. The highest BCUT2D eigenvalue weighted by molar-refractivity contribution is 5.76. The molecule has 9 heteroatoms. The summed E-state index contributed by atoms with van der Waals surface area (Å²) < 4.78 is 70.8. The summed E-state index contributed by atoms with van der Waals surface area (Å²) in [5.74, 6) is -1.79. The first-order chi connectivity index (χ1) is 14.1. The number of alkyl halides is 3. The summed E-state index contributed by atoms with van der Waals surface area (Å²) in [6.45, 7) is 0.133. The van der Waals surface area contributed by atoms with Crippen LogP contribution in [0, 0.1) is 11.6 Å². The third-order valence-corrected chi connectivity index (χ3v) is 4.44. The van der Waals surface area contributed by atoms with Crippen molar-refractivity contribution in [2.24, 2.45) is 0 Å². The first kappa shape index (κ1) is 21.5. The van der Waals surface area contributed by atoms with Gasteiger partial charge in [-0.2, -0.15) is 13.2 Å². The van der Waals surface area contributed by atoms with Crippen LogP contribution in [0.15, 0.2) is 53.1 Å². The predicted molar refractivity (Wildman–Crippen MR) is 98.1 cm³/mol. The Morgan fingerprint density at radius 2 is 1.70 bits per heavy atom. The third kappa shape index (κ3) is 5.03. The van der Waals surface area contributed by atoms with E-state index in [-0.39, 0.29) is 42.5 Å². The first-order valence-electron chi connectivity index (χ1n) is 8.94. The van der Waals surface area contributed by atoms with Crippen LogP contribution in [0.1, 0.15) is 23.4 Å². The van der Waals surface area contributed by atoms with E-state index in [4.69, 9.17) is 4.42 Å². The van der Waals surface area contributed by atoms with Gasteiger partial charge in [-0.15, -0.1) is 0 Å². The lowest BCUT2D eigenvalue weighted by molar-refractivity contribution is -0.137. The highest BCUT2D eigenvalue weighted by Crippen LogP contribution is 2.29. The molecule has 3 aromatic rings. The fourth-order valence-electron chi connectivity index (χ4n) is 2.84. The second-order valence-corrected chi connectivity index (χ2v) is 6.66. The van der Waals surface area contributed by atoms with Gasteiger partial charge in [-0.1, -0.05) is 18.2 Å². The average molecular weight is 424 g/mol. The molecule has 0 N–H and O–H groups in total. The van der Waals surface area contributed by atoms with E-state index in [2.05, 4.69) is 4.98 Å². The predicted octanol–water partition coefficient (Wildman–Crippen LogP) is 5.23. The van der Waals surface area contributed by atoms with Crippen LogP contribution in [0.25, 0.3) is 11.3 Å². The summed E-state index contributed by atoms with van der Waals surface area (Å²) in [4.78, 5) is 17.6. The Bertz CT molecular complexity index is 1010. The van der Waals surface area contributed by atoms with Gasteiger partial charge in [-0.3, -0.25) is 4.79 Å². The van der Waals surface area contributed by atoms with Crippen molar-refractivity contribution >= 4 is 5.91 Å². The van der Waals surface area contributed by atoms with Crippen LogP contribution in [-0.4, -0.2) is 22.8 Å². The molecule has 1 aromatic heterocycles. The van der Waals surface area contributed by atoms with Crippen LogP contribution in [-0.2, 0) is 23.9 Å². The Labute approximate surface area is 168 Å². The van der Waals surface area contributed by atoms with Gasteiger partial charge in [0.2, 0.25) is 5.91 Å². The summed E-state index contributed by atoms with van der Waals surface area (Å²) in [6, 6.07) is 7.98. The maximum atomic E-state index is 13.8. The number of aromatic nitrogens is 1. The maximum Gasteiger partial charge on any atom is 0.416 e. The molecule has 0 aliphatic heterocycles. The molecule has 1 heterocycles. The zero-order chi connectivity index (χ0) is 21.9. The highest BCUT2D eigenvalue weighted by Gasteiger charge is 2.30. The molecule has 0 unspecified atom stereocenters. The van der Waals surface area contributed by atoms with E-state index in [1.54, 1.807) is 0 Å². The molecule has 2 aromatic carbocycles. The lowest BCUT2D eigenvalue weighted by atomic mass is 10.1. The molecule has 30 heavy (non-hydrogen) atoms. The SMILES string of the molecule is CN(Cc1ccc(C(F)(F)F)cc1)C(=O)CCc1ncc(-c2c(F)cccc2F)o1. The van der Waals surface area contributed by atoms with Gasteiger partial charge in [0.15, 0.2) is 11.7 Å². The summed E-state index contributed by atoms with van der Waals surface area (Å²) in [5, 5.41) is 0. The summed E-state index contributed by atoms with van der Waals surface area (Å²) in [7, 11) is 1.52. The van der Waals surface area contributed by atoms with Gasteiger partial charge in [0.05, 0.1) is 17.3 Å². The second-order valence-electron chi connectivity index (χ2n) is 6.66. The summed E-state index contributed by atoms with van der Waals surface area (Å²) in [5.41, 5.74) is -0.541. The second kappa shape index (κ2) is 8.64. The topological polar surface area (TPSA) is 46.3 Å². The standard InChI is InChI=1S/C21H17F5N2O2/c1-28(12-13-5-7-14(8-6-13)21(24,25)26)19(29)10-9-18-27-11-17(30-18)20-15(22)3-2-4-16(20)23/h2-8,11H,9-10,12H2,1H3. The molecule has 0 bridgehead atoms. The van der Waals surface area contributed by atoms with E-state index in [0.717, 1.165) is 24.3 Å². The van der Waals surface area contributed by atoms with Gasteiger partial charge in [-0.25, -0.2) is 13.8 Å². The maximum absolute atomic E-state index is 13.8. The number of hydrogen-bond acceptors (Lipinski definition) is 3. The van der Waals surface area contributed by atoms with Crippen molar-refractivity contribution < 1.29 is 31.2 Å². The van der Waals surface area contributed by atoms with Crippen LogP contribution in [0.2, 0.25) is 0 Å². The van der Waals surface area contributed by atoms with Crippen LogP contribution in [0.4, 0.5) is 22.0 Å². The normalized spacial score (nSPS) is 11.5. The van der Waals surface area contributed by atoms with Gasteiger partial charge in [0, 0.05) is 26.4 Å². The zero-order valence-corrected chi connectivity index (χ0v) is 15.8. The Hall–Kier alpha value is -3.23. The van der Waals surface area contributed by atoms with Crippen molar-refractivity contribution in [2.45, 2.75) is 25.6 Å². The fourth-order valence-corrected chi connectivity index (χ4v) is 2.84. The summed E-state index contributed by atoms with van der Waals surface area (Å²) in [6.07, 6.45) is -3.11. The van der Waals surface area contributed by atoms with E-state index < -0.39 is 23.4 Å². The minimum Gasteiger partial charge on any atom is -0.441 e. The van der Waals surface area contributed by atoms with E-state index in [1.165, 1.54) is 36.3 Å². The molecule has 0 aliphatic carbocycles. The quantitative estimate of drug-likeness (QED) is 0.509. The van der Waals surface area contributed by atoms with Crippen molar-refractivity contribution in [2.75, 3.05) is 7.05 Å². The van der Waals surface area contributed by atoms with Crippen molar-refractivity contribution in [1.82, 2.24) is 9.88 Å². The number of oxazole rings is 1. The molecule has 0 fully saturated rings. The van der Waals surface area contributed by atoms with Gasteiger partial charge in [0.1, 0.15) is 11.6 Å². The number of hydrogen-bond donors (Lipinski definition) is 0. The lowest BCUT2D eigenvalue weighted by Crippen LogP contribution is -2.26. The molecule has 4 nitrogen and oxygen atoms in total. The first-order valence-corrected chi connectivity index (χ1v) is 8.94. The monoisotopic (exact) mass is 424 g/mol. The Morgan fingerprint density at radius 3 is 2.30 bits per heavy atom. The van der Waals surface area contributed by atoms with Crippen molar-refractivity contribution in [3.8, 4) is 11.3 Å². The van der Waals surface area contributed by atoms with Crippen molar-refractivity contribution in [3.05, 3.63) is 77.3 Å². The van der Waals surface area contributed by atoms with Gasteiger partial charge in [0.25, 0.3) is 0 Å². The smallest absolute Gasteiger partial charge is 0.416 e. The highest BCUT2D eigenvalue weighted by atomic mass is 19.4. The largest absolute Gasteiger partial charge is 0.441 e. The third-order valence-electron chi connectivity index (χ3n) is 4.44. The molecule has 3 rings (SSSR count). The number of aryl methyl sites for hydroxylation is 1. The lowest BCUT2D eigenvalue weighted by Gasteiger charge is -2.17. The van der Waals surface area contributed by atoms with Crippen LogP contribution < -0.4 is 0 Å². The van der Waals surface area contributed by atoms with Gasteiger partial charge in [-0.05, 0) is 29.8 Å². The molecule has 0 atom stereocenters. The molecule has 0 spiro atoms. The number of benzene rings is 2. The molecule has 0 aliphatic rings. The fraction of sp³-hybridized carbons (Fsp3) is 0.238. The van der Waals surface area contributed by atoms with E-state index in [0.29, 0.717) is 5.56 Å². The van der Waals surface area contributed by atoms with Crippen LogP contribution in [0.3, 0.4) is 0 Å². The Balaban J connectivity index is 1.57. The van der Waals surface area contributed by atoms with Gasteiger partial charge >= 0.3 is 6.18 Å².